The normalized spacial score (nSPS) is 25.3. The summed E-state index contributed by atoms with van der Waals surface area (Å²) < 4.78 is 12.4. The van der Waals surface area contributed by atoms with Gasteiger partial charge in [-0.2, -0.15) is 0 Å². The van der Waals surface area contributed by atoms with Crippen LogP contribution in [0.2, 0.25) is 5.02 Å². The van der Waals surface area contributed by atoms with Gasteiger partial charge in [0, 0.05) is 17.8 Å². The summed E-state index contributed by atoms with van der Waals surface area (Å²) in [6.07, 6.45) is 3.32. The van der Waals surface area contributed by atoms with Crippen molar-refractivity contribution < 1.29 is 33.8 Å². The fourth-order valence-corrected chi connectivity index (χ4v) is 9.45. The van der Waals surface area contributed by atoms with Crippen LogP contribution in [-0.4, -0.2) is 76.0 Å². The van der Waals surface area contributed by atoms with Gasteiger partial charge >= 0.3 is 5.97 Å². The number of likely N-dealkylation sites (tertiary alicyclic amines) is 1. The fourth-order valence-electron chi connectivity index (χ4n) is 8.19. The van der Waals surface area contributed by atoms with Gasteiger partial charge in [-0.1, -0.05) is 112 Å². The summed E-state index contributed by atoms with van der Waals surface area (Å²) in [6, 6.07) is 20.6. The molecule has 3 amide bonds. The van der Waals surface area contributed by atoms with Crippen molar-refractivity contribution in [3.63, 3.8) is 0 Å². The standard InChI is InChI=1S/C41H43BrClN3O7/c1-4-6-20-32(48)52-24-30(26-15-9-7-10-16-26)44-38(49)33-34-39(50)46(31(23-47)27-17-11-8-12-18-27)37(41(34)22-28(42)36(33)53-41)40(51)45(21-5-2)35-25(3)14-13-19-29(35)43/h4-5,7-19,28,30-31,33-34,36-37,47H,1-2,6,20-24H2,3H3,(H,44,49)/t28?,30-,31+,33+,34-,36+,37+,41-/m0/s1. The van der Waals surface area contributed by atoms with Gasteiger partial charge in [0.15, 0.2) is 0 Å². The van der Waals surface area contributed by atoms with Crippen molar-refractivity contribution >= 4 is 56.9 Å². The van der Waals surface area contributed by atoms with Gasteiger partial charge in [-0.15, -0.1) is 13.2 Å². The molecule has 3 aromatic rings. The summed E-state index contributed by atoms with van der Waals surface area (Å²) in [4.78, 5) is 59.9. The zero-order chi connectivity index (χ0) is 37.9. The Morgan fingerprint density at radius 2 is 1.75 bits per heavy atom. The van der Waals surface area contributed by atoms with Crippen molar-refractivity contribution in [1.82, 2.24) is 10.2 Å². The third-order valence-corrected chi connectivity index (χ3v) is 11.6. The molecule has 8 atom stereocenters. The molecule has 2 N–H and O–H groups in total. The second-order valence-electron chi connectivity index (χ2n) is 13.6. The number of carbonyl (C=O) groups excluding carboxylic acids is 4. The highest BCUT2D eigenvalue weighted by molar-refractivity contribution is 9.09. The molecule has 0 aliphatic carbocycles. The Balaban J connectivity index is 1.42. The van der Waals surface area contributed by atoms with Gasteiger partial charge in [0.2, 0.25) is 11.8 Å². The second-order valence-corrected chi connectivity index (χ2v) is 15.2. The molecule has 3 heterocycles. The van der Waals surface area contributed by atoms with Crippen molar-refractivity contribution in [3.05, 3.63) is 126 Å². The summed E-state index contributed by atoms with van der Waals surface area (Å²) in [5.41, 5.74) is 1.10. The Morgan fingerprint density at radius 1 is 1.08 bits per heavy atom. The minimum absolute atomic E-state index is 0.0766. The van der Waals surface area contributed by atoms with Crippen LogP contribution in [0, 0.1) is 18.8 Å². The number of para-hydroxylation sites is 1. The van der Waals surface area contributed by atoms with Crippen molar-refractivity contribution in [2.24, 2.45) is 11.8 Å². The van der Waals surface area contributed by atoms with Crippen molar-refractivity contribution in [1.29, 1.82) is 0 Å². The third-order valence-electron chi connectivity index (χ3n) is 10.5. The van der Waals surface area contributed by atoms with E-state index in [0.717, 1.165) is 5.56 Å². The van der Waals surface area contributed by atoms with Crippen LogP contribution in [0.15, 0.2) is 104 Å². The van der Waals surface area contributed by atoms with Crippen LogP contribution < -0.4 is 10.2 Å². The molecular formula is C41H43BrClN3O7. The zero-order valence-corrected chi connectivity index (χ0v) is 31.7. The van der Waals surface area contributed by atoms with Gasteiger partial charge in [0.05, 0.1) is 47.3 Å². The Hall–Kier alpha value is -4.29. The molecule has 2 bridgehead atoms. The van der Waals surface area contributed by atoms with Gasteiger partial charge in [0.1, 0.15) is 18.2 Å². The van der Waals surface area contributed by atoms with Crippen LogP contribution in [0.3, 0.4) is 0 Å². The SMILES string of the molecule is C=CCCC(=O)OC[C@H](NC(=O)[C@H]1[C@@H]2O[C@@]3(CC2Br)[C@@H]1C(=O)N([C@H](CO)c1ccccc1)[C@@H]3C(=O)N(CC=C)c1c(C)cccc1Cl)c1ccccc1. The van der Waals surface area contributed by atoms with E-state index in [1.165, 1.54) is 9.80 Å². The maximum absolute atomic E-state index is 15.2. The van der Waals surface area contributed by atoms with Crippen molar-refractivity contribution in [3.8, 4) is 0 Å². The number of rotatable bonds is 15. The molecule has 6 rings (SSSR count). The highest BCUT2D eigenvalue weighted by Crippen LogP contribution is 2.61. The maximum atomic E-state index is 15.2. The number of amides is 3. The van der Waals surface area contributed by atoms with Gasteiger partial charge < -0.3 is 29.7 Å². The number of anilines is 1. The predicted octanol–water partition coefficient (Wildman–Crippen LogP) is 6.02. The fraction of sp³-hybridized carbons (Fsp3) is 0.366. The molecule has 3 aromatic carbocycles. The number of ether oxygens (including phenoxy) is 2. The smallest absolute Gasteiger partial charge is 0.306 e. The number of benzene rings is 3. The number of allylic oxidation sites excluding steroid dienone is 1. The number of aliphatic hydroxyl groups is 1. The van der Waals surface area contributed by atoms with E-state index in [4.69, 9.17) is 21.1 Å². The van der Waals surface area contributed by atoms with Crippen LogP contribution in [0.25, 0.3) is 0 Å². The summed E-state index contributed by atoms with van der Waals surface area (Å²) in [7, 11) is 0. The number of aliphatic hydroxyl groups excluding tert-OH is 1. The predicted molar refractivity (Wildman–Crippen MR) is 205 cm³/mol. The molecule has 10 nitrogen and oxygen atoms in total. The third kappa shape index (κ3) is 7.19. The Kier molecular flexibility index (Phi) is 11.9. The summed E-state index contributed by atoms with van der Waals surface area (Å²) >= 11 is 10.5. The van der Waals surface area contributed by atoms with E-state index in [9.17, 15) is 14.7 Å². The molecular weight excluding hydrogens is 762 g/mol. The van der Waals surface area contributed by atoms with E-state index in [2.05, 4.69) is 34.4 Å². The van der Waals surface area contributed by atoms with Crippen LogP contribution in [-0.2, 0) is 28.7 Å². The first-order valence-electron chi connectivity index (χ1n) is 17.7. The van der Waals surface area contributed by atoms with Crippen LogP contribution in [0.5, 0.6) is 0 Å². The molecule has 12 heteroatoms. The lowest BCUT2D eigenvalue weighted by molar-refractivity contribution is -0.146. The molecule has 0 saturated carbocycles. The zero-order valence-electron chi connectivity index (χ0n) is 29.4. The molecule has 1 spiro atoms. The monoisotopic (exact) mass is 803 g/mol. The number of hydrogen-bond acceptors (Lipinski definition) is 7. The summed E-state index contributed by atoms with van der Waals surface area (Å²) in [6.45, 7) is 8.85. The number of fused-ring (bicyclic) bond motifs is 1. The number of nitrogens with one attached hydrogen (secondary N) is 1. The minimum atomic E-state index is -1.44. The van der Waals surface area contributed by atoms with E-state index in [1.807, 2.05) is 49.4 Å². The molecule has 1 unspecified atom stereocenters. The number of alkyl halides is 1. The van der Waals surface area contributed by atoms with E-state index < -0.39 is 72.0 Å². The second kappa shape index (κ2) is 16.4. The quantitative estimate of drug-likeness (QED) is 0.110. The van der Waals surface area contributed by atoms with Crippen molar-refractivity contribution in [2.75, 3.05) is 24.7 Å². The first-order valence-corrected chi connectivity index (χ1v) is 19.0. The molecule has 3 aliphatic rings. The van der Waals surface area contributed by atoms with Crippen LogP contribution in [0.1, 0.15) is 48.0 Å². The number of aryl methyl sites for hydroxylation is 1. The Morgan fingerprint density at radius 3 is 2.38 bits per heavy atom. The van der Waals surface area contributed by atoms with E-state index in [0.29, 0.717) is 28.3 Å². The molecule has 0 aromatic heterocycles. The topological polar surface area (TPSA) is 125 Å². The summed E-state index contributed by atoms with van der Waals surface area (Å²) in [5.74, 6) is -3.95. The lowest BCUT2D eigenvalue weighted by atomic mass is 9.70. The molecule has 3 aliphatic heterocycles. The Labute approximate surface area is 322 Å². The number of halogens is 2. The highest BCUT2D eigenvalue weighted by Gasteiger charge is 2.77. The molecule has 3 saturated heterocycles. The van der Waals surface area contributed by atoms with Gasteiger partial charge in [0.25, 0.3) is 5.91 Å². The van der Waals surface area contributed by atoms with Gasteiger partial charge in [-0.25, -0.2) is 0 Å². The van der Waals surface area contributed by atoms with E-state index >= 15 is 9.59 Å². The number of carbonyl (C=O) groups is 4. The molecule has 278 valence electrons. The lowest BCUT2D eigenvalue weighted by Gasteiger charge is -2.40. The van der Waals surface area contributed by atoms with E-state index in [1.54, 1.807) is 48.6 Å². The van der Waals surface area contributed by atoms with Crippen LogP contribution in [0.4, 0.5) is 5.69 Å². The Bertz CT molecular complexity index is 1840. The molecule has 53 heavy (non-hydrogen) atoms. The molecule has 3 fully saturated rings. The average molecular weight is 805 g/mol. The van der Waals surface area contributed by atoms with Crippen molar-refractivity contribution in [2.45, 2.75) is 60.8 Å². The average Bonchev–Trinajstić information content (AvgIpc) is 3.76. The lowest BCUT2D eigenvalue weighted by Crippen LogP contribution is -2.58. The largest absolute Gasteiger partial charge is 0.463 e. The number of esters is 1. The first kappa shape index (κ1) is 38.4. The first-order chi connectivity index (χ1) is 25.6. The van der Waals surface area contributed by atoms with Crippen LogP contribution >= 0.6 is 27.5 Å². The van der Waals surface area contributed by atoms with Gasteiger partial charge in [-0.05, 0) is 42.5 Å². The molecule has 0 radical (unpaired) electrons. The number of nitrogens with zero attached hydrogens (tertiary/aromatic N) is 2. The highest BCUT2D eigenvalue weighted by atomic mass is 79.9. The van der Waals surface area contributed by atoms with Gasteiger partial charge in [-0.3, -0.25) is 19.2 Å². The maximum Gasteiger partial charge on any atom is 0.306 e. The minimum Gasteiger partial charge on any atom is -0.463 e. The number of hydrogen-bond donors (Lipinski definition) is 2. The van der Waals surface area contributed by atoms with E-state index in [-0.39, 0.29) is 30.8 Å². The summed E-state index contributed by atoms with van der Waals surface area (Å²) in [5, 5.41) is 14.3.